The molecular formula is C24H23BrN2O3. The van der Waals surface area contributed by atoms with E-state index in [1.807, 2.05) is 48.5 Å². The van der Waals surface area contributed by atoms with Crippen molar-refractivity contribution in [1.29, 1.82) is 0 Å². The number of nitrogens with zero attached hydrogens (tertiary/aromatic N) is 1. The van der Waals surface area contributed by atoms with Gasteiger partial charge in [-0.05, 0) is 47.0 Å². The summed E-state index contributed by atoms with van der Waals surface area (Å²) in [5.41, 5.74) is 4.29. The quantitative estimate of drug-likeness (QED) is 0.527. The number of hydrogen-bond donors (Lipinski definition) is 1. The molecule has 0 amide bonds. The Morgan fingerprint density at radius 1 is 1.00 bits per heavy atom. The first kappa shape index (κ1) is 20.4. The van der Waals surface area contributed by atoms with Crippen LogP contribution in [0.3, 0.4) is 0 Å². The lowest BCUT2D eigenvalue weighted by Gasteiger charge is -2.44. The van der Waals surface area contributed by atoms with E-state index < -0.39 is 0 Å². The topological polar surface area (TPSA) is 50.8 Å². The average molecular weight is 467 g/mol. The fraction of sp³-hybridized carbons (Fsp3) is 0.208. The second kappa shape index (κ2) is 8.90. The molecular weight excluding hydrogens is 444 g/mol. The highest BCUT2D eigenvalue weighted by Gasteiger charge is 2.37. The summed E-state index contributed by atoms with van der Waals surface area (Å²) >= 11 is 3.60. The molecule has 1 N–H and O–H groups in total. The van der Waals surface area contributed by atoms with E-state index in [1.54, 1.807) is 7.11 Å². The van der Waals surface area contributed by atoms with Crippen molar-refractivity contribution >= 4 is 27.6 Å². The number of anilines is 1. The average Bonchev–Trinajstić information content (AvgIpc) is 2.79. The second-order valence-corrected chi connectivity index (χ2v) is 8.03. The van der Waals surface area contributed by atoms with Crippen LogP contribution >= 0.6 is 15.9 Å². The fourth-order valence-electron chi connectivity index (χ4n) is 3.91. The normalized spacial score (nSPS) is 18.2. The molecule has 3 aromatic rings. The molecule has 1 aliphatic rings. The van der Waals surface area contributed by atoms with E-state index in [0.717, 1.165) is 32.6 Å². The van der Waals surface area contributed by atoms with E-state index in [1.165, 1.54) is 7.11 Å². The Balaban J connectivity index is 1.86. The molecule has 0 radical (unpaired) electrons. The maximum atomic E-state index is 12.4. The molecule has 5 nitrogen and oxygen atoms in total. The molecule has 3 aromatic carbocycles. The summed E-state index contributed by atoms with van der Waals surface area (Å²) in [6.07, 6.45) is -0.214. The van der Waals surface area contributed by atoms with Gasteiger partial charge in [-0.1, -0.05) is 58.4 Å². The summed E-state index contributed by atoms with van der Waals surface area (Å²) < 4.78 is 11.3. The number of rotatable bonds is 5. The standard InChI is InChI=1S/C24H23BrN2O3/c1-29-19-11-8-17(9-12-19)24-26-21-13-10-18(25)14-20(21)23(16-6-4-3-5-7-16)27(24)15-22(28)30-2/h3-14,23-24,26H,15H2,1-2H3/t23-,24-/m0/s1. The number of methoxy groups -OCH3 is 2. The number of esters is 1. The van der Waals surface area contributed by atoms with E-state index >= 15 is 0 Å². The van der Waals surface area contributed by atoms with E-state index in [2.05, 4.69) is 50.4 Å². The molecule has 154 valence electrons. The molecule has 0 aliphatic carbocycles. The Kier molecular flexibility index (Phi) is 6.06. The van der Waals surface area contributed by atoms with Gasteiger partial charge in [0.25, 0.3) is 0 Å². The van der Waals surface area contributed by atoms with Crippen LogP contribution in [0.25, 0.3) is 0 Å². The lowest BCUT2D eigenvalue weighted by atomic mass is 9.91. The third-order valence-electron chi connectivity index (χ3n) is 5.35. The van der Waals surface area contributed by atoms with E-state index in [4.69, 9.17) is 9.47 Å². The molecule has 30 heavy (non-hydrogen) atoms. The molecule has 0 unspecified atom stereocenters. The lowest BCUT2D eigenvalue weighted by molar-refractivity contribution is -0.143. The number of ether oxygens (including phenoxy) is 2. The van der Waals surface area contributed by atoms with Crippen molar-refractivity contribution in [3.63, 3.8) is 0 Å². The van der Waals surface area contributed by atoms with Crippen LogP contribution in [0.15, 0.2) is 77.3 Å². The Hall–Kier alpha value is -2.83. The minimum absolute atomic E-state index is 0.119. The molecule has 6 heteroatoms. The van der Waals surface area contributed by atoms with Crippen LogP contribution in [0.2, 0.25) is 0 Å². The Morgan fingerprint density at radius 2 is 1.73 bits per heavy atom. The summed E-state index contributed by atoms with van der Waals surface area (Å²) in [6, 6.07) is 24.2. The minimum atomic E-state index is -0.283. The SMILES string of the molecule is COC(=O)CN1[C@@H](c2ccccc2)c2cc(Br)ccc2N[C@@H]1c1ccc(OC)cc1. The van der Waals surface area contributed by atoms with Crippen LogP contribution in [-0.4, -0.2) is 31.6 Å². The number of halogens is 1. The molecule has 0 spiro atoms. The Labute approximate surface area is 184 Å². The van der Waals surface area contributed by atoms with Crippen molar-refractivity contribution in [2.75, 3.05) is 26.1 Å². The molecule has 4 rings (SSSR count). The number of nitrogens with one attached hydrogen (secondary N) is 1. The number of fused-ring (bicyclic) bond motifs is 1. The maximum Gasteiger partial charge on any atom is 0.319 e. The van der Waals surface area contributed by atoms with Crippen molar-refractivity contribution in [3.8, 4) is 5.75 Å². The second-order valence-electron chi connectivity index (χ2n) is 7.11. The van der Waals surface area contributed by atoms with Gasteiger partial charge < -0.3 is 14.8 Å². The molecule has 1 heterocycles. The zero-order valence-electron chi connectivity index (χ0n) is 16.8. The molecule has 0 saturated heterocycles. The molecule has 0 bridgehead atoms. The largest absolute Gasteiger partial charge is 0.497 e. The predicted molar refractivity (Wildman–Crippen MR) is 121 cm³/mol. The van der Waals surface area contributed by atoms with Gasteiger partial charge >= 0.3 is 5.97 Å². The predicted octanol–water partition coefficient (Wildman–Crippen LogP) is 5.15. The Morgan fingerprint density at radius 3 is 2.40 bits per heavy atom. The molecule has 0 aromatic heterocycles. The summed E-state index contributed by atoms with van der Waals surface area (Å²) in [6.45, 7) is 0.145. The van der Waals surface area contributed by atoms with Gasteiger partial charge in [0.1, 0.15) is 11.9 Å². The zero-order valence-corrected chi connectivity index (χ0v) is 18.4. The van der Waals surface area contributed by atoms with Gasteiger partial charge in [0.15, 0.2) is 0 Å². The van der Waals surface area contributed by atoms with Crippen molar-refractivity contribution in [1.82, 2.24) is 4.90 Å². The van der Waals surface area contributed by atoms with Gasteiger partial charge in [-0.3, -0.25) is 9.69 Å². The van der Waals surface area contributed by atoms with Gasteiger partial charge in [0.2, 0.25) is 0 Å². The fourth-order valence-corrected chi connectivity index (χ4v) is 4.29. The van der Waals surface area contributed by atoms with Crippen molar-refractivity contribution in [2.45, 2.75) is 12.2 Å². The molecule has 0 fully saturated rings. The van der Waals surface area contributed by atoms with Gasteiger partial charge in [-0.25, -0.2) is 0 Å². The highest BCUT2D eigenvalue weighted by atomic mass is 79.9. The third-order valence-corrected chi connectivity index (χ3v) is 5.84. The van der Waals surface area contributed by atoms with Gasteiger partial charge in [-0.2, -0.15) is 0 Å². The van der Waals surface area contributed by atoms with Crippen molar-refractivity contribution in [2.24, 2.45) is 0 Å². The minimum Gasteiger partial charge on any atom is -0.497 e. The van der Waals surface area contributed by atoms with Gasteiger partial charge in [0.05, 0.1) is 26.8 Å². The number of carbonyl (C=O) groups is 1. The molecule has 0 saturated carbocycles. The smallest absolute Gasteiger partial charge is 0.319 e. The summed E-state index contributed by atoms with van der Waals surface area (Å²) in [4.78, 5) is 14.5. The maximum absolute atomic E-state index is 12.4. The first-order chi connectivity index (χ1) is 14.6. The van der Waals surface area contributed by atoms with Gasteiger partial charge in [-0.15, -0.1) is 0 Å². The van der Waals surface area contributed by atoms with Crippen LogP contribution in [0.4, 0.5) is 5.69 Å². The highest BCUT2D eigenvalue weighted by molar-refractivity contribution is 9.10. The molecule has 2 atom stereocenters. The monoisotopic (exact) mass is 466 g/mol. The first-order valence-electron chi connectivity index (χ1n) is 9.68. The van der Waals surface area contributed by atoms with Crippen LogP contribution in [0.1, 0.15) is 28.9 Å². The zero-order chi connectivity index (χ0) is 21.1. The van der Waals surface area contributed by atoms with E-state index in [0.29, 0.717) is 0 Å². The van der Waals surface area contributed by atoms with Crippen LogP contribution in [-0.2, 0) is 9.53 Å². The van der Waals surface area contributed by atoms with Crippen LogP contribution < -0.4 is 10.1 Å². The van der Waals surface area contributed by atoms with Crippen LogP contribution in [0.5, 0.6) is 5.75 Å². The van der Waals surface area contributed by atoms with Crippen molar-refractivity contribution in [3.05, 3.63) is 94.0 Å². The van der Waals surface area contributed by atoms with E-state index in [9.17, 15) is 4.79 Å². The summed E-state index contributed by atoms with van der Waals surface area (Å²) in [7, 11) is 3.07. The lowest BCUT2D eigenvalue weighted by Crippen LogP contribution is -2.44. The Bertz CT molecular complexity index is 1020. The third kappa shape index (κ3) is 4.06. The first-order valence-corrected chi connectivity index (χ1v) is 10.5. The summed E-state index contributed by atoms with van der Waals surface area (Å²) in [5.74, 6) is 0.507. The number of carbonyl (C=O) groups excluding carboxylic acids is 1. The highest BCUT2D eigenvalue weighted by Crippen LogP contribution is 2.44. The molecule has 1 aliphatic heterocycles. The summed E-state index contributed by atoms with van der Waals surface area (Å²) in [5, 5.41) is 3.61. The van der Waals surface area contributed by atoms with Crippen LogP contribution in [0, 0.1) is 0 Å². The van der Waals surface area contributed by atoms with E-state index in [-0.39, 0.29) is 24.7 Å². The number of hydrogen-bond acceptors (Lipinski definition) is 5. The van der Waals surface area contributed by atoms with Gasteiger partial charge in [0, 0.05) is 10.2 Å². The number of benzene rings is 3. The van der Waals surface area contributed by atoms with Crippen molar-refractivity contribution < 1.29 is 14.3 Å².